The molecule has 1 aliphatic heterocycles. The Labute approximate surface area is 190 Å². The van der Waals surface area contributed by atoms with Gasteiger partial charge in [0.1, 0.15) is 0 Å². The van der Waals surface area contributed by atoms with Crippen LogP contribution in [0.5, 0.6) is 0 Å². The van der Waals surface area contributed by atoms with E-state index in [1.165, 1.54) is 0 Å². The average Bonchev–Trinajstić information content (AvgIpc) is 2.95. The molecule has 166 valence electrons. The molecule has 2 aromatic carbocycles. The van der Waals surface area contributed by atoms with E-state index in [0.29, 0.717) is 29.5 Å². The minimum Gasteiger partial charge on any atom is -0.332 e. The zero-order valence-corrected chi connectivity index (χ0v) is 18.6. The van der Waals surface area contributed by atoms with Crippen LogP contribution in [0.4, 0.5) is 11.4 Å². The van der Waals surface area contributed by atoms with E-state index < -0.39 is 0 Å². The number of fused-ring (bicyclic) bond motifs is 2. The average molecular weight is 451 g/mol. The maximum atomic E-state index is 12.7. The molecule has 8 heteroatoms. The third-order valence-electron chi connectivity index (χ3n) is 5.69. The molecule has 3 N–H and O–H groups in total. The van der Waals surface area contributed by atoms with Crippen molar-refractivity contribution < 1.29 is 9.59 Å². The van der Waals surface area contributed by atoms with E-state index >= 15 is 0 Å². The quantitative estimate of drug-likeness (QED) is 0.364. The molecular weight excluding hydrogens is 424 g/mol. The molecule has 0 atom stereocenters. The number of anilines is 2. The molecule has 0 saturated carbocycles. The van der Waals surface area contributed by atoms with Crippen LogP contribution in [-0.4, -0.2) is 21.4 Å². The number of hydrogen-bond donors (Lipinski definition) is 3. The minimum atomic E-state index is -0.0820. The molecule has 0 saturated heterocycles. The molecule has 1 aromatic heterocycles. The molecule has 7 nitrogen and oxygen atoms in total. The predicted molar refractivity (Wildman–Crippen MR) is 129 cm³/mol. The summed E-state index contributed by atoms with van der Waals surface area (Å²) < 4.78 is 2.01. The lowest BCUT2D eigenvalue weighted by Crippen LogP contribution is -2.22. The SMILES string of the molecule is O=C(CCCCCn1c(=S)[nH]c2ccccc2c1=O)Nc1ccc2c(c1)CCCC(=O)N2. The van der Waals surface area contributed by atoms with Crippen molar-refractivity contribution in [1.29, 1.82) is 0 Å². The fourth-order valence-electron chi connectivity index (χ4n) is 4.01. The maximum absolute atomic E-state index is 12.7. The zero-order chi connectivity index (χ0) is 22.5. The first-order valence-electron chi connectivity index (χ1n) is 11.0. The van der Waals surface area contributed by atoms with Gasteiger partial charge in [0.25, 0.3) is 5.56 Å². The van der Waals surface area contributed by atoms with E-state index in [4.69, 9.17) is 12.2 Å². The number of nitrogens with zero attached hydrogens (tertiary/aromatic N) is 1. The second-order valence-corrected chi connectivity index (χ2v) is 8.45. The molecule has 0 unspecified atom stereocenters. The number of hydrogen-bond acceptors (Lipinski definition) is 4. The number of aromatic amines is 1. The molecular formula is C24H26N4O3S. The summed E-state index contributed by atoms with van der Waals surface area (Å²) in [4.78, 5) is 39.7. The largest absolute Gasteiger partial charge is 0.332 e. The summed E-state index contributed by atoms with van der Waals surface area (Å²) in [6.45, 7) is 0.525. The highest BCUT2D eigenvalue weighted by atomic mass is 32.1. The number of nitrogens with one attached hydrogen (secondary N) is 3. The molecule has 0 bridgehead atoms. The summed E-state index contributed by atoms with van der Waals surface area (Å²) in [6.07, 6.45) is 4.86. The first-order chi connectivity index (χ1) is 15.5. The summed E-state index contributed by atoms with van der Waals surface area (Å²) in [5.41, 5.74) is 3.29. The van der Waals surface area contributed by atoms with E-state index in [1.807, 2.05) is 36.4 Å². The Kier molecular flexibility index (Phi) is 6.80. The fourth-order valence-corrected chi connectivity index (χ4v) is 4.29. The fraction of sp³-hybridized carbons (Fsp3) is 0.333. The Balaban J connectivity index is 1.26. The Morgan fingerprint density at radius 2 is 1.91 bits per heavy atom. The van der Waals surface area contributed by atoms with Crippen molar-refractivity contribution >= 4 is 46.3 Å². The number of H-pyrrole nitrogens is 1. The van der Waals surface area contributed by atoms with Crippen LogP contribution < -0.4 is 16.2 Å². The number of para-hydroxylation sites is 1. The monoisotopic (exact) mass is 450 g/mol. The smallest absolute Gasteiger partial charge is 0.262 e. The molecule has 32 heavy (non-hydrogen) atoms. The number of amides is 2. The van der Waals surface area contributed by atoms with Crippen molar-refractivity contribution in [2.45, 2.75) is 51.5 Å². The molecule has 4 rings (SSSR count). The van der Waals surface area contributed by atoms with Crippen LogP contribution in [0.3, 0.4) is 0 Å². The molecule has 0 spiro atoms. The van der Waals surface area contributed by atoms with Crippen LogP contribution in [-0.2, 0) is 22.6 Å². The van der Waals surface area contributed by atoms with Gasteiger partial charge in [-0.2, -0.15) is 0 Å². The molecule has 0 fully saturated rings. The second-order valence-electron chi connectivity index (χ2n) is 8.07. The van der Waals surface area contributed by atoms with E-state index in [1.54, 1.807) is 10.6 Å². The number of unbranched alkanes of at least 4 members (excludes halogenated alkanes) is 2. The van der Waals surface area contributed by atoms with Gasteiger partial charge < -0.3 is 15.6 Å². The number of carbonyl (C=O) groups excluding carboxylic acids is 2. The van der Waals surface area contributed by atoms with Gasteiger partial charge in [-0.1, -0.05) is 18.6 Å². The van der Waals surface area contributed by atoms with Crippen LogP contribution in [0.1, 0.15) is 44.1 Å². The van der Waals surface area contributed by atoms with Gasteiger partial charge in [-0.05, 0) is 73.8 Å². The third-order valence-corrected chi connectivity index (χ3v) is 6.01. The first kappa shape index (κ1) is 22.0. The molecule has 2 amide bonds. The number of aryl methyl sites for hydroxylation is 1. The van der Waals surface area contributed by atoms with Gasteiger partial charge in [0.15, 0.2) is 4.77 Å². The van der Waals surface area contributed by atoms with Crippen LogP contribution in [0, 0.1) is 4.77 Å². The molecule has 1 aliphatic rings. The van der Waals surface area contributed by atoms with Crippen LogP contribution >= 0.6 is 12.2 Å². The Bertz CT molecular complexity index is 1280. The van der Waals surface area contributed by atoms with Crippen molar-refractivity contribution in [3.8, 4) is 0 Å². The van der Waals surface area contributed by atoms with Crippen molar-refractivity contribution in [1.82, 2.24) is 9.55 Å². The predicted octanol–water partition coefficient (Wildman–Crippen LogP) is 4.53. The van der Waals surface area contributed by atoms with Gasteiger partial charge >= 0.3 is 0 Å². The van der Waals surface area contributed by atoms with Crippen LogP contribution in [0.25, 0.3) is 10.9 Å². The summed E-state index contributed by atoms with van der Waals surface area (Å²) in [5.74, 6) is -0.00434. The normalized spacial score (nSPS) is 13.3. The van der Waals surface area contributed by atoms with Gasteiger partial charge in [-0.3, -0.25) is 19.0 Å². The maximum Gasteiger partial charge on any atom is 0.262 e. The van der Waals surface area contributed by atoms with Crippen molar-refractivity contribution in [3.05, 3.63) is 63.2 Å². The lowest BCUT2D eigenvalue weighted by Gasteiger charge is -2.11. The van der Waals surface area contributed by atoms with Crippen molar-refractivity contribution in [3.63, 3.8) is 0 Å². The van der Waals surface area contributed by atoms with Crippen LogP contribution in [0.2, 0.25) is 0 Å². The highest BCUT2D eigenvalue weighted by Gasteiger charge is 2.13. The Morgan fingerprint density at radius 1 is 1.06 bits per heavy atom. The van der Waals surface area contributed by atoms with Gasteiger partial charge in [-0.25, -0.2) is 0 Å². The van der Waals surface area contributed by atoms with Crippen molar-refractivity contribution in [2.24, 2.45) is 0 Å². The summed E-state index contributed by atoms with van der Waals surface area (Å²) in [7, 11) is 0. The second kappa shape index (κ2) is 9.91. The molecule has 2 heterocycles. The minimum absolute atomic E-state index is 0.0348. The van der Waals surface area contributed by atoms with Gasteiger partial charge in [0.05, 0.1) is 10.9 Å². The van der Waals surface area contributed by atoms with Crippen LogP contribution in [0.15, 0.2) is 47.3 Å². The lowest BCUT2D eigenvalue weighted by molar-refractivity contribution is -0.117. The number of carbonyl (C=O) groups is 2. The van der Waals surface area contributed by atoms with Crippen molar-refractivity contribution in [2.75, 3.05) is 10.6 Å². The van der Waals surface area contributed by atoms with E-state index in [9.17, 15) is 14.4 Å². The Hall–Kier alpha value is -3.26. The van der Waals surface area contributed by atoms with E-state index in [2.05, 4.69) is 15.6 Å². The number of benzene rings is 2. The highest BCUT2D eigenvalue weighted by molar-refractivity contribution is 7.71. The molecule has 0 radical (unpaired) electrons. The number of rotatable bonds is 7. The highest BCUT2D eigenvalue weighted by Crippen LogP contribution is 2.25. The van der Waals surface area contributed by atoms with Gasteiger partial charge in [0.2, 0.25) is 11.8 Å². The topological polar surface area (TPSA) is 96.0 Å². The number of aromatic nitrogens is 2. The Morgan fingerprint density at radius 3 is 2.78 bits per heavy atom. The van der Waals surface area contributed by atoms with Gasteiger partial charge in [0, 0.05) is 30.8 Å². The molecule has 0 aliphatic carbocycles. The first-order valence-corrected chi connectivity index (χ1v) is 11.4. The van der Waals surface area contributed by atoms with E-state index in [0.717, 1.165) is 54.6 Å². The standard InChI is InChI=1S/C24H26N4O3S/c29-21(25-17-12-13-19-16(15-17)7-6-11-22(30)26-19)10-2-1-5-14-28-23(31)18-8-3-4-9-20(18)27-24(28)32/h3-4,8-9,12-13,15H,1-2,5-7,10-11,14H2,(H,25,29)(H,26,30)(H,27,32). The summed E-state index contributed by atoms with van der Waals surface area (Å²) in [5, 5.41) is 6.46. The molecule has 3 aromatic rings. The summed E-state index contributed by atoms with van der Waals surface area (Å²) >= 11 is 5.34. The lowest BCUT2D eigenvalue weighted by atomic mass is 10.1. The third kappa shape index (κ3) is 5.13. The van der Waals surface area contributed by atoms with E-state index in [-0.39, 0.29) is 17.4 Å². The van der Waals surface area contributed by atoms with Gasteiger partial charge in [-0.15, -0.1) is 0 Å². The summed E-state index contributed by atoms with van der Waals surface area (Å²) in [6, 6.07) is 12.9. The zero-order valence-electron chi connectivity index (χ0n) is 17.8.